The van der Waals surface area contributed by atoms with Gasteiger partial charge in [-0.2, -0.15) is 0 Å². The smallest absolute Gasteiger partial charge is 0.121 e. The molecule has 1 saturated heterocycles. The van der Waals surface area contributed by atoms with E-state index in [-0.39, 0.29) is 12.2 Å². The van der Waals surface area contributed by atoms with Crippen molar-refractivity contribution in [2.45, 2.75) is 18.6 Å². The number of hydrogen-bond acceptors (Lipinski definition) is 3. The zero-order valence-electron chi connectivity index (χ0n) is 10.8. The van der Waals surface area contributed by atoms with Crippen LogP contribution in [0.5, 0.6) is 5.75 Å². The monoisotopic (exact) mass is 256 g/mol. The van der Waals surface area contributed by atoms with Crippen LogP contribution >= 0.6 is 0 Å². The van der Waals surface area contributed by atoms with Crippen molar-refractivity contribution in [1.29, 1.82) is 0 Å². The normalized spacial score (nSPS) is 22.4. The molecule has 1 aliphatic heterocycles. The first-order valence-electron chi connectivity index (χ1n) is 6.38. The molecule has 3 heteroatoms. The molecule has 0 aromatic heterocycles. The first kappa shape index (κ1) is 12.2. The molecule has 3 nitrogen and oxygen atoms in total. The largest absolute Gasteiger partial charge is 0.497 e. The average molecular weight is 256 g/mol. The Balaban J connectivity index is 1.71. The second kappa shape index (κ2) is 5.43. The van der Waals surface area contributed by atoms with Crippen molar-refractivity contribution in [3.8, 4) is 5.75 Å². The molecule has 2 atom stereocenters. The first-order valence-corrected chi connectivity index (χ1v) is 6.38. The summed E-state index contributed by atoms with van der Waals surface area (Å²) in [7, 11) is 1.66. The summed E-state index contributed by atoms with van der Waals surface area (Å²) in [5, 5.41) is 0. The standard InChI is InChI=1S/C16H16O3/c1-17-14-9-7-13(8-10-14)16-11-15(18-19-16)12-5-3-2-4-6-12/h2-10,15-16H,11H2,1H3/t15?,16-/m0/s1. The minimum Gasteiger partial charge on any atom is -0.497 e. The van der Waals surface area contributed by atoms with Gasteiger partial charge in [0.25, 0.3) is 0 Å². The highest BCUT2D eigenvalue weighted by atomic mass is 17.2. The van der Waals surface area contributed by atoms with Crippen LogP contribution in [0.2, 0.25) is 0 Å². The van der Waals surface area contributed by atoms with E-state index in [2.05, 4.69) is 12.1 Å². The molecule has 19 heavy (non-hydrogen) atoms. The molecule has 98 valence electrons. The van der Waals surface area contributed by atoms with Crippen LogP contribution < -0.4 is 4.74 Å². The summed E-state index contributed by atoms with van der Waals surface area (Å²) in [4.78, 5) is 10.9. The Morgan fingerprint density at radius 1 is 0.842 bits per heavy atom. The predicted octanol–water partition coefficient (Wildman–Crippen LogP) is 3.83. The SMILES string of the molecule is COc1ccc([C@@H]2CC(c3ccccc3)OO2)cc1. The van der Waals surface area contributed by atoms with Gasteiger partial charge < -0.3 is 4.74 Å². The van der Waals surface area contributed by atoms with Crippen LogP contribution in [0, 0.1) is 0 Å². The van der Waals surface area contributed by atoms with Crippen LogP contribution in [-0.4, -0.2) is 7.11 Å². The molecule has 2 aromatic carbocycles. The molecule has 0 spiro atoms. The van der Waals surface area contributed by atoms with E-state index in [4.69, 9.17) is 14.5 Å². The van der Waals surface area contributed by atoms with Gasteiger partial charge in [-0.3, -0.25) is 0 Å². The van der Waals surface area contributed by atoms with Crippen LogP contribution in [0.4, 0.5) is 0 Å². The third-order valence-corrected chi connectivity index (χ3v) is 3.37. The highest BCUT2D eigenvalue weighted by Gasteiger charge is 2.29. The summed E-state index contributed by atoms with van der Waals surface area (Å²) in [6, 6.07) is 18.1. The number of hydrogen-bond donors (Lipinski definition) is 0. The minimum atomic E-state index is -0.0175. The van der Waals surface area contributed by atoms with E-state index >= 15 is 0 Å². The number of benzene rings is 2. The zero-order valence-corrected chi connectivity index (χ0v) is 10.8. The third kappa shape index (κ3) is 2.62. The second-order valence-electron chi connectivity index (χ2n) is 4.59. The van der Waals surface area contributed by atoms with Crippen molar-refractivity contribution in [3.63, 3.8) is 0 Å². The molecule has 0 amide bonds. The van der Waals surface area contributed by atoms with Gasteiger partial charge in [-0.15, -0.1) is 0 Å². The van der Waals surface area contributed by atoms with Gasteiger partial charge in [0.05, 0.1) is 7.11 Å². The van der Waals surface area contributed by atoms with Crippen LogP contribution in [0.1, 0.15) is 29.8 Å². The van der Waals surface area contributed by atoms with Crippen molar-refractivity contribution in [3.05, 3.63) is 65.7 Å². The maximum absolute atomic E-state index is 5.44. The molecule has 1 unspecified atom stereocenters. The van der Waals surface area contributed by atoms with Gasteiger partial charge in [-0.05, 0) is 23.3 Å². The Hall–Kier alpha value is -1.84. The average Bonchev–Trinajstić information content (AvgIpc) is 2.98. The van der Waals surface area contributed by atoms with Crippen molar-refractivity contribution < 1.29 is 14.5 Å². The van der Waals surface area contributed by atoms with E-state index in [1.165, 1.54) is 0 Å². The Morgan fingerprint density at radius 3 is 2.00 bits per heavy atom. The molecule has 0 bridgehead atoms. The van der Waals surface area contributed by atoms with E-state index in [9.17, 15) is 0 Å². The fraction of sp³-hybridized carbons (Fsp3) is 0.250. The van der Waals surface area contributed by atoms with E-state index in [1.54, 1.807) is 7.11 Å². The molecule has 1 heterocycles. The van der Waals surface area contributed by atoms with Gasteiger partial charge in [0.2, 0.25) is 0 Å². The van der Waals surface area contributed by atoms with Crippen LogP contribution in [0.15, 0.2) is 54.6 Å². The van der Waals surface area contributed by atoms with Crippen molar-refractivity contribution in [2.24, 2.45) is 0 Å². The summed E-state index contributed by atoms with van der Waals surface area (Å²) in [6.45, 7) is 0. The van der Waals surface area contributed by atoms with Gasteiger partial charge >= 0.3 is 0 Å². The molecule has 3 rings (SSSR count). The molecular formula is C16H16O3. The quantitative estimate of drug-likeness (QED) is 0.781. The Bertz CT molecular complexity index is 521. The van der Waals surface area contributed by atoms with Gasteiger partial charge in [-0.25, -0.2) is 9.78 Å². The summed E-state index contributed by atoms with van der Waals surface area (Å²) < 4.78 is 5.15. The number of rotatable bonds is 3. The second-order valence-corrected chi connectivity index (χ2v) is 4.59. The number of ether oxygens (including phenoxy) is 1. The summed E-state index contributed by atoms with van der Waals surface area (Å²) >= 11 is 0. The van der Waals surface area contributed by atoms with Crippen LogP contribution in [-0.2, 0) is 9.78 Å². The summed E-state index contributed by atoms with van der Waals surface area (Å²) in [5.41, 5.74) is 2.26. The Morgan fingerprint density at radius 2 is 1.42 bits per heavy atom. The van der Waals surface area contributed by atoms with Crippen molar-refractivity contribution >= 4 is 0 Å². The molecule has 0 radical (unpaired) electrons. The Labute approximate surface area is 112 Å². The predicted molar refractivity (Wildman–Crippen MR) is 71.7 cm³/mol. The number of methoxy groups -OCH3 is 1. The molecule has 2 aromatic rings. The fourth-order valence-corrected chi connectivity index (χ4v) is 2.28. The maximum atomic E-state index is 5.44. The van der Waals surface area contributed by atoms with Gasteiger partial charge in [-0.1, -0.05) is 42.5 Å². The summed E-state index contributed by atoms with van der Waals surface area (Å²) in [6.07, 6.45) is 0.820. The lowest BCUT2D eigenvalue weighted by Crippen LogP contribution is -1.96. The molecule has 1 fully saturated rings. The maximum Gasteiger partial charge on any atom is 0.121 e. The third-order valence-electron chi connectivity index (χ3n) is 3.37. The van der Waals surface area contributed by atoms with Gasteiger partial charge in [0.1, 0.15) is 18.0 Å². The first-order chi connectivity index (χ1) is 9.36. The van der Waals surface area contributed by atoms with Gasteiger partial charge in [0.15, 0.2) is 0 Å². The topological polar surface area (TPSA) is 27.7 Å². The molecule has 0 aliphatic carbocycles. The van der Waals surface area contributed by atoms with E-state index < -0.39 is 0 Å². The zero-order chi connectivity index (χ0) is 13.1. The molecule has 1 aliphatic rings. The molecular weight excluding hydrogens is 240 g/mol. The van der Waals surface area contributed by atoms with E-state index in [0.717, 1.165) is 23.3 Å². The summed E-state index contributed by atoms with van der Waals surface area (Å²) in [5.74, 6) is 0.849. The minimum absolute atomic E-state index is 0.00769. The van der Waals surface area contributed by atoms with Crippen molar-refractivity contribution in [1.82, 2.24) is 0 Å². The van der Waals surface area contributed by atoms with Crippen LogP contribution in [0.25, 0.3) is 0 Å². The van der Waals surface area contributed by atoms with E-state index in [0.29, 0.717) is 0 Å². The van der Waals surface area contributed by atoms with Gasteiger partial charge in [0, 0.05) is 6.42 Å². The highest BCUT2D eigenvalue weighted by molar-refractivity contribution is 5.29. The lowest BCUT2D eigenvalue weighted by molar-refractivity contribution is -0.300. The fourth-order valence-electron chi connectivity index (χ4n) is 2.28. The lowest BCUT2D eigenvalue weighted by atomic mass is 10.00. The van der Waals surface area contributed by atoms with Crippen molar-refractivity contribution in [2.75, 3.05) is 7.11 Å². The lowest BCUT2D eigenvalue weighted by Gasteiger charge is -2.07. The molecule has 0 N–H and O–H groups in total. The molecule has 0 saturated carbocycles. The van der Waals surface area contributed by atoms with Crippen LogP contribution in [0.3, 0.4) is 0 Å². The Kier molecular flexibility index (Phi) is 3.49. The highest BCUT2D eigenvalue weighted by Crippen LogP contribution is 2.39. The van der Waals surface area contributed by atoms with E-state index in [1.807, 2.05) is 42.5 Å².